The number of aromatic nitrogens is 3. The molecule has 0 N–H and O–H groups in total. The van der Waals surface area contributed by atoms with Crippen LogP contribution in [0, 0.1) is 0 Å². The molecule has 0 saturated heterocycles. The fourth-order valence-corrected chi connectivity index (χ4v) is 2.71. The van der Waals surface area contributed by atoms with E-state index in [0.717, 1.165) is 12.3 Å². The predicted octanol–water partition coefficient (Wildman–Crippen LogP) is 4.43. The third kappa shape index (κ3) is 3.39. The summed E-state index contributed by atoms with van der Waals surface area (Å²) in [6, 6.07) is 0.863. The van der Waals surface area contributed by atoms with Gasteiger partial charge in [0.15, 0.2) is 0 Å². The molecule has 0 saturated carbocycles. The van der Waals surface area contributed by atoms with Gasteiger partial charge in [0, 0.05) is 13.2 Å². The van der Waals surface area contributed by atoms with E-state index in [0.29, 0.717) is 21.8 Å². The zero-order chi connectivity index (χ0) is 14.9. The van der Waals surface area contributed by atoms with Crippen LogP contribution in [0.1, 0.15) is 11.4 Å². The maximum Gasteiger partial charge on any atom is 0.417 e. The average molecular weight is 342 g/mol. The fraction of sp³-hybridized carbons (Fsp3) is 0.273. The van der Waals surface area contributed by atoms with Gasteiger partial charge < -0.3 is 4.57 Å². The number of nitrogens with zero attached hydrogens (tertiary/aromatic N) is 3. The van der Waals surface area contributed by atoms with Crippen molar-refractivity contribution < 1.29 is 13.2 Å². The SMILES string of the molecule is Cn1c(Cl)cnc1CSc1ncc(C(F)(F)F)cc1Cl. The molecule has 2 aromatic rings. The third-order valence-electron chi connectivity index (χ3n) is 2.50. The van der Waals surface area contributed by atoms with E-state index in [9.17, 15) is 13.2 Å². The second-order valence-electron chi connectivity index (χ2n) is 3.85. The minimum Gasteiger partial charge on any atom is -0.322 e. The van der Waals surface area contributed by atoms with E-state index in [1.54, 1.807) is 11.6 Å². The lowest BCUT2D eigenvalue weighted by molar-refractivity contribution is -0.137. The van der Waals surface area contributed by atoms with Crippen LogP contribution in [0.3, 0.4) is 0 Å². The molecule has 9 heteroatoms. The van der Waals surface area contributed by atoms with E-state index in [2.05, 4.69) is 9.97 Å². The number of rotatable bonds is 3. The Balaban J connectivity index is 2.13. The minimum absolute atomic E-state index is 0.0369. The quantitative estimate of drug-likeness (QED) is 0.773. The van der Waals surface area contributed by atoms with Gasteiger partial charge in [-0.3, -0.25) is 0 Å². The van der Waals surface area contributed by atoms with Crippen LogP contribution >= 0.6 is 35.0 Å². The van der Waals surface area contributed by atoms with Crippen LogP contribution in [0.25, 0.3) is 0 Å². The molecule has 0 aliphatic carbocycles. The molecule has 3 nitrogen and oxygen atoms in total. The first-order valence-electron chi connectivity index (χ1n) is 5.30. The van der Waals surface area contributed by atoms with Crippen molar-refractivity contribution in [1.29, 1.82) is 0 Å². The number of pyridine rings is 1. The van der Waals surface area contributed by atoms with Crippen molar-refractivity contribution in [3.05, 3.63) is 40.0 Å². The van der Waals surface area contributed by atoms with Crippen LogP contribution in [0.4, 0.5) is 13.2 Å². The molecule has 0 spiro atoms. The Morgan fingerprint density at radius 3 is 2.45 bits per heavy atom. The molecule has 108 valence electrons. The molecule has 0 aliphatic rings. The van der Waals surface area contributed by atoms with Crippen molar-refractivity contribution >= 4 is 35.0 Å². The second kappa shape index (κ2) is 5.83. The lowest BCUT2D eigenvalue weighted by Gasteiger charge is -2.08. The predicted molar refractivity (Wildman–Crippen MR) is 72.0 cm³/mol. The van der Waals surface area contributed by atoms with E-state index in [-0.39, 0.29) is 5.02 Å². The highest BCUT2D eigenvalue weighted by molar-refractivity contribution is 7.98. The molecule has 0 bridgehead atoms. The molecular weight excluding hydrogens is 334 g/mol. The second-order valence-corrected chi connectivity index (χ2v) is 5.61. The topological polar surface area (TPSA) is 30.7 Å². The van der Waals surface area contributed by atoms with E-state index >= 15 is 0 Å². The molecule has 0 unspecified atom stereocenters. The van der Waals surface area contributed by atoms with Gasteiger partial charge in [-0.25, -0.2) is 9.97 Å². The first-order chi connectivity index (χ1) is 9.29. The van der Waals surface area contributed by atoms with Crippen molar-refractivity contribution in [2.45, 2.75) is 17.0 Å². The molecule has 0 fully saturated rings. The molecule has 0 atom stereocenters. The lowest BCUT2D eigenvalue weighted by atomic mass is 10.3. The highest BCUT2D eigenvalue weighted by Gasteiger charge is 2.31. The van der Waals surface area contributed by atoms with Crippen LogP contribution < -0.4 is 0 Å². The van der Waals surface area contributed by atoms with Crippen LogP contribution in [0.2, 0.25) is 10.2 Å². The van der Waals surface area contributed by atoms with Crippen molar-refractivity contribution in [3.63, 3.8) is 0 Å². The van der Waals surface area contributed by atoms with Crippen LogP contribution in [-0.4, -0.2) is 14.5 Å². The summed E-state index contributed by atoms with van der Waals surface area (Å²) in [6.07, 6.45) is -2.19. The van der Waals surface area contributed by atoms with Gasteiger partial charge in [-0.05, 0) is 6.07 Å². The molecule has 0 radical (unpaired) electrons. The van der Waals surface area contributed by atoms with Gasteiger partial charge in [-0.2, -0.15) is 13.2 Å². The van der Waals surface area contributed by atoms with E-state index in [1.165, 1.54) is 18.0 Å². The number of alkyl halides is 3. The van der Waals surface area contributed by atoms with Crippen LogP contribution in [0.15, 0.2) is 23.5 Å². The summed E-state index contributed by atoms with van der Waals surface area (Å²) >= 11 is 12.8. The minimum atomic E-state index is -4.45. The Morgan fingerprint density at radius 1 is 1.25 bits per heavy atom. The highest BCUT2D eigenvalue weighted by Crippen LogP contribution is 2.34. The molecular formula is C11H8Cl2F3N3S. The van der Waals surface area contributed by atoms with Gasteiger partial charge in [-0.15, -0.1) is 0 Å². The van der Waals surface area contributed by atoms with Crippen molar-refractivity contribution in [3.8, 4) is 0 Å². The van der Waals surface area contributed by atoms with Gasteiger partial charge in [0.25, 0.3) is 0 Å². The fourth-order valence-electron chi connectivity index (χ4n) is 1.38. The first-order valence-corrected chi connectivity index (χ1v) is 7.05. The van der Waals surface area contributed by atoms with E-state index in [1.807, 2.05) is 0 Å². The maximum absolute atomic E-state index is 12.5. The van der Waals surface area contributed by atoms with Crippen molar-refractivity contribution in [2.75, 3.05) is 0 Å². The molecule has 20 heavy (non-hydrogen) atoms. The molecule has 0 aliphatic heterocycles. The smallest absolute Gasteiger partial charge is 0.322 e. The summed E-state index contributed by atoms with van der Waals surface area (Å²) in [4.78, 5) is 7.81. The number of thioether (sulfide) groups is 1. The average Bonchev–Trinajstić information content (AvgIpc) is 2.67. The summed E-state index contributed by atoms with van der Waals surface area (Å²) in [5.41, 5.74) is -0.869. The van der Waals surface area contributed by atoms with Crippen LogP contribution in [-0.2, 0) is 19.0 Å². The van der Waals surface area contributed by atoms with Gasteiger partial charge in [0.05, 0.1) is 22.5 Å². The summed E-state index contributed by atoms with van der Waals surface area (Å²) in [7, 11) is 1.74. The van der Waals surface area contributed by atoms with Gasteiger partial charge in [0.2, 0.25) is 0 Å². The Bertz CT molecular complexity index is 628. The standard InChI is InChI=1S/C11H8Cl2F3N3S/c1-19-8(13)4-17-9(19)5-20-10-7(12)2-6(3-18-10)11(14,15)16/h2-4H,5H2,1H3. The van der Waals surface area contributed by atoms with Gasteiger partial charge >= 0.3 is 6.18 Å². The summed E-state index contributed by atoms with van der Waals surface area (Å²) < 4.78 is 39.1. The van der Waals surface area contributed by atoms with E-state index < -0.39 is 11.7 Å². The van der Waals surface area contributed by atoms with Crippen molar-refractivity contribution in [1.82, 2.24) is 14.5 Å². The van der Waals surface area contributed by atoms with E-state index in [4.69, 9.17) is 23.2 Å². The number of hydrogen-bond acceptors (Lipinski definition) is 3. The Labute approximate surface area is 127 Å². The van der Waals surface area contributed by atoms with Crippen LogP contribution in [0.5, 0.6) is 0 Å². The first kappa shape index (κ1) is 15.5. The largest absolute Gasteiger partial charge is 0.417 e. The normalized spacial score (nSPS) is 11.9. The maximum atomic E-state index is 12.5. The molecule has 0 amide bonds. The summed E-state index contributed by atoms with van der Waals surface area (Å²) in [6.45, 7) is 0. The highest BCUT2D eigenvalue weighted by atomic mass is 35.5. The zero-order valence-electron chi connectivity index (χ0n) is 10.1. The van der Waals surface area contributed by atoms with Gasteiger partial charge in [-0.1, -0.05) is 35.0 Å². The number of hydrogen-bond donors (Lipinski definition) is 0. The van der Waals surface area contributed by atoms with Gasteiger partial charge in [0.1, 0.15) is 16.0 Å². The Kier molecular flexibility index (Phi) is 4.51. The van der Waals surface area contributed by atoms with Crippen molar-refractivity contribution in [2.24, 2.45) is 7.05 Å². The Hall–Kier alpha value is -0.920. The molecule has 2 heterocycles. The number of halogens is 5. The third-order valence-corrected chi connectivity index (χ3v) is 4.25. The lowest BCUT2D eigenvalue weighted by Crippen LogP contribution is -2.05. The molecule has 0 aromatic carbocycles. The zero-order valence-corrected chi connectivity index (χ0v) is 12.4. The number of imidazole rings is 1. The summed E-state index contributed by atoms with van der Waals surface area (Å²) in [5, 5.41) is 0.760. The monoisotopic (exact) mass is 341 g/mol. The molecule has 2 rings (SSSR count). The molecule has 2 aromatic heterocycles. The Morgan fingerprint density at radius 2 is 1.95 bits per heavy atom. The summed E-state index contributed by atoms with van der Waals surface area (Å²) in [5.74, 6) is 1.08.